The minimum Gasteiger partial charge on any atom is -0.481 e. The van der Waals surface area contributed by atoms with Crippen LogP contribution >= 0.6 is 11.3 Å². The largest absolute Gasteiger partial charge is 0.481 e. The predicted octanol–water partition coefficient (Wildman–Crippen LogP) is 1.59. The average molecular weight is 241 g/mol. The van der Waals surface area contributed by atoms with Gasteiger partial charge in [-0.25, -0.2) is 0 Å². The number of nitrogens with zero attached hydrogens (tertiary/aromatic N) is 1. The normalized spacial score (nSPS) is 17.9. The Kier molecular flexibility index (Phi) is 2.90. The fourth-order valence-electron chi connectivity index (χ4n) is 1.91. The van der Waals surface area contributed by atoms with Crippen LogP contribution in [0.4, 0.5) is 5.00 Å². The molecule has 5 heteroatoms. The van der Waals surface area contributed by atoms with E-state index in [4.69, 9.17) is 4.74 Å². The van der Waals surface area contributed by atoms with Crippen LogP contribution in [-0.4, -0.2) is 37.9 Å². The molecule has 2 rings (SSSR count). The molecule has 0 saturated carbocycles. The van der Waals surface area contributed by atoms with Gasteiger partial charge >= 0.3 is 5.97 Å². The lowest BCUT2D eigenvalue weighted by Gasteiger charge is -2.40. The number of hydrogen-bond acceptors (Lipinski definition) is 4. The molecule has 1 aliphatic heterocycles. The summed E-state index contributed by atoms with van der Waals surface area (Å²) in [5.74, 6) is -0.764. The van der Waals surface area contributed by atoms with E-state index in [1.807, 2.05) is 30.3 Å². The number of hydrogen-bond donors (Lipinski definition) is 1. The van der Waals surface area contributed by atoms with Gasteiger partial charge in [-0.1, -0.05) is 0 Å². The Bertz CT molecular complexity index is 398. The quantitative estimate of drug-likeness (QED) is 0.869. The minimum atomic E-state index is -0.764. The standard InChI is InChI=1S/C11H15NO3S/c1-8-3-4-16-9(8)12(2)5-11(10(13)14)6-15-7-11/h3-4H,5-7H2,1-2H3,(H,13,14). The molecule has 1 aromatic heterocycles. The van der Waals surface area contributed by atoms with E-state index in [9.17, 15) is 9.90 Å². The summed E-state index contributed by atoms with van der Waals surface area (Å²) < 4.78 is 5.04. The van der Waals surface area contributed by atoms with Gasteiger partial charge in [0.25, 0.3) is 0 Å². The van der Waals surface area contributed by atoms with Gasteiger partial charge in [-0.15, -0.1) is 11.3 Å². The van der Waals surface area contributed by atoms with Crippen LogP contribution in [0.2, 0.25) is 0 Å². The molecule has 0 radical (unpaired) electrons. The Balaban J connectivity index is 2.10. The molecule has 1 N–H and O–H groups in total. The highest BCUT2D eigenvalue weighted by Gasteiger charge is 2.47. The molecule has 0 aromatic carbocycles. The van der Waals surface area contributed by atoms with E-state index in [2.05, 4.69) is 0 Å². The first kappa shape index (κ1) is 11.4. The van der Waals surface area contributed by atoms with E-state index in [1.165, 1.54) is 5.56 Å². The van der Waals surface area contributed by atoms with Crippen LogP contribution in [0.3, 0.4) is 0 Å². The topological polar surface area (TPSA) is 49.8 Å². The summed E-state index contributed by atoms with van der Waals surface area (Å²) in [5.41, 5.74) is 0.471. The summed E-state index contributed by atoms with van der Waals surface area (Å²) in [4.78, 5) is 13.2. The van der Waals surface area contributed by atoms with Crippen molar-refractivity contribution in [2.24, 2.45) is 5.41 Å². The fourth-order valence-corrected chi connectivity index (χ4v) is 2.81. The monoisotopic (exact) mass is 241 g/mol. The number of carboxylic acids is 1. The summed E-state index contributed by atoms with van der Waals surface area (Å²) in [6, 6.07) is 2.04. The van der Waals surface area contributed by atoms with Crippen LogP contribution in [0.5, 0.6) is 0 Å². The summed E-state index contributed by atoms with van der Waals surface area (Å²) in [6.07, 6.45) is 0. The highest BCUT2D eigenvalue weighted by molar-refractivity contribution is 7.14. The molecule has 0 aliphatic carbocycles. The molecular formula is C11H15NO3S. The van der Waals surface area contributed by atoms with Crippen molar-refractivity contribution in [2.45, 2.75) is 6.92 Å². The molecule has 0 amide bonds. The first-order valence-electron chi connectivity index (χ1n) is 5.11. The van der Waals surface area contributed by atoms with Crippen LogP contribution < -0.4 is 4.90 Å². The van der Waals surface area contributed by atoms with Gasteiger partial charge in [-0.2, -0.15) is 0 Å². The maximum absolute atomic E-state index is 11.2. The summed E-state index contributed by atoms with van der Waals surface area (Å²) in [7, 11) is 1.93. The summed E-state index contributed by atoms with van der Waals surface area (Å²) in [6.45, 7) is 3.17. The second kappa shape index (κ2) is 4.07. The molecule has 0 spiro atoms. The van der Waals surface area contributed by atoms with E-state index < -0.39 is 11.4 Å². The molecule has 1 fully saturated rings. The van der Waals surface area contributed by atoms with Gasteiger partial charge in [0.2, 0.25) is 0 Å². The summed E-state index contributed by atoms with van der Waals surface area (Å²) in [5, 5.41) is 12.3. The number of rotatable bonds is 4. The Labute approximate surface area is 98.4 Å². The van der Waals surface area contributed by atoms with Crippen LogP contribution in [-0.2, 0) is 9.53 Å². The second-order valence-corrected chi connectivity index (χ2v) is 5.24. The van der Waals surface area contributed by atoms with Gasteiger partial charge in [0.1, 0.15) is 5.41 Å². The van der Waals surface area contributed by atoms with Crippen molar-refractivity contribution in [3.63, 3.8) is 0 Å². The third-order valence-electron chi connectivity index (χ3n) is 2.93. The number of thiophene rings is 1. The molecule has 16 heavy (non-hydrogen) atoms. The first-order valence-corrected chi connectivity index (χ1v) is 5.99. The zero-order chi connectivity index (χ0) is 11.8. The lowest BCUT2D eigenvalue weighted by molar-refractivity contribution is -0.177. The van der Waals surface area contributed by atoms with Crippen molar-refractivity contribution in [1.82, 2.24) is 0 Å². The third-order valence-corrected chi connectivity index (χ3v) is 4.06. The molecule has 1 aromatic rings. The van der Waals surface area contributed by atoms with Gasteiger partial charge in [-0.3, -0.25) is 4.79 Å². The van der Waals surface area contributed by atoms with Crippen molar-refractivity contribution in [1.29, 1.82) is 0 Å². The summed E-state index contributed by atoms with van der Waals surface area (Å²) >= 11 is 1.64. The van der Waals surface area contributed by atoms with Gasteiger partial charge in [-0.05, 0) is 23.9 Å². The predicted molar refractivity (Wildman–Crippen MR) is 63.2 cm³/mol. The van der Waals surface area contributed by atoms with Crippen molar-refractivity contribution in [3.8, 4) is 0 Å². The Morgan fingerprint density at radius 2 is 2.38 bits per heavy atom. The van der Waals surface area contributed by atoms with E-state index in [-0.39, 0.29) is 0 Å². The maximum Gasteiger partial charge on any atom is 0.316 e. The third kappa shape index (κ3) is 1.81. The van der Waals surface area contributed by atoms with E-state index >= 15 is 0 Å². The highest BCUT2D eigenvalue weighted by atomic mass is 32.1. The van der Waals surface area contributed by atoms with Crippen LogP contribution in [0.15, 0.2) is 11.4 Å². The molecular weight excluding hydrogens is 226 g/mol. The van der Waals surface area contributed by atoms with Crippen molar-refractivity contribution in [3.05, 3.63) is 17.0 Å². The van der Waals surface area contributed by atoms with Gasteiger partial charge < -0.3 is 14.7 Å². The van der Waals surface area contributed by atoms with Crippen LogP contribution in [0.1, 0.15) is 5.56 Å². The van der Waals surface area contributed by atoms with Crippen LogP contribution in [0.25, 0.3) is 0 Å². The molecule has 4 nitrogen and oxygen atoms in total. The molecule has 2 heterocycles. The fraction of sp³-hybridized carbons (Fsp3) is 0.545. The number of aryl methyl sites for hydroxylation is 1. The SMILES string of the molecule is Cc1ccsc1N(C)CC1(C(=O)O)COC1. The van der Waals surface area contributed by atoms with Crippen molar-refractivity contribution < 1.29 is 14.6 Å². The molecule has 1 saturated heterocycles. The first-order chi connectivity index (χ1) is 7.55. The zero-order valence-electron chi connectivity index (χ0n) is 9.40. The maximum atomic E-state index is 11.2. The lowest BCUT2D eigenvalue weighted by Crippen LogP contribution is -2.55. The van der Waals surface area contributed by atoms with E-state index in [0.717, 1.165) is 5.00 Å². The number of carboxylic acid groups (broad SMARTS) is 1. The Morgan fingerprint density at radius 1 is 1.69 bits per heavy atom. The van der Waals surface area contributed by atoms with Crippen molar-refractivity contribution >= 4 is 22.3 Å². The zero-order valence-corrected chi connectivity index (χ0v) is 10.2. The van der Waals surface area contributed by atoms with Gasteiger partial charge in [0.05, 0.1) is 18.2 Å². The second-order valence-electron chi connectivity index (χ2n) is 4.34. The van der Waals surface area contributed by atoms with E-state index in [0.29, 0.717) is 19.8 Å². The number of anilines is 1. The smallest absolute Gasteiger partial charge is 0.316 e. The van der Waals surface area contributed by atoms with Gasteiger partial charge in [0, 0.05) is 13.6 Å². The van der Waals surface area contributed by atoms with Crippen molar-refractivity contribution in [2.75, 3.05) is 31.7 Å². The Hall–Kier alpha value is -1.07. The Morgan fingerprint density at radius 3 is 2.75 bits per heavy atom. The number of carbonyl (C=O) groups is 1. The molecule has 88 valence electrons. The number of ether oxygens (including phenoxy) is 1. The molecule has 0 unspecified atom stereocenters. The average Bonchev–Trinajstić information content (AvgIpc) is 2.57. The molecule has 1 aliphatic rings. The molecule has 0 atom stereocenters. The highest BCUT2D eigenvalue weighted by Crippen LogP contribution is 2.33. The number of aliphatic carboxylic acids is 1. The van der Waals surface area contributed by atoms with Gasteiger partial charge in [0.15, 0.2) is 0 Å². The minimum absolute atomic E-state index is 0.317. The lowest BCUT2D eigenvalue weighted by atomic mass is 9.85. The molecule has 0 bridgehead atoms. The van der Waals surface area contributed by atoms with E-state index in [1.54, 1.807) is 11.3 Å². The van der Waals surface area contributed by atoms with Crippen LogP contribution in [0, 0.1) is 12.3 Å².